The number of benzene rings is 1. The van der Waals surface area contributed by atoms with Gasteiger partial charge in [0, 0.05) is 11.2 Å². The van der Waals surface area contributed by atoms with Gasteiger partial charge in [-0.25, -0.2) is 13.1 Å². The molecule has 5 heteroatoms. The zero-order valence-electron chi connectivity index (χ0n) is 13.9. The second kappa shape index (κ2) is 5.97. The van der Waals surface area contributed by atoms with E-state index in [1.54, 1.807) is 12.1 Å². The Balaban J connectivity index is 3.04. The molecule has 0 aromatic heterocycles. The predicted octanol–water partition coefficient (Wildman–Crippen LogP) is 3.32. The molecular weight excluding hydrogens is 284 g/mol. The molecule has 0 aliphatic heterocycles. The van der Waals surface area contributed by atoms with E-state index >= 15 is 0 Å². The number of nitrogens with two attached hydrogens (primary N) is 1. The van der Waals surface area contributed by atoms with Crippen molar-refractivity contribution in [3.8, 4) is 0 Å². The molecule has 0 spiro atoms. The average Bonchev–Trinajstić information content (AvgIpc) is 2.23. The SMILES string of the molecule is CCc1ccc(S(=O)(=O)NC(C)(C)CC(C)(C)C)cc1N. The van der Waals surface area contributed by atoms with Gasteiger partial charge in [-0.3, -0.25) is 0 Å². The molecule has 0 amide bonds. The van der Waals surface area contributed by atoms with Gasteiger partial charge in [0.1, 0.15) is 0 Å². The lowest BCUT2D eigenvalue weighted by Gasteiger charge is -2.33. The number of anilines is 1. The van der Waals surface area contributed by atoms with Crippen LogP contribution >= 0.6 is 0 Å². The van der Waals surface area contributed by atoms with E-state index in [9.17, 15) is 8.42 Å². The minimum atomic E-state index is -3.57. The van der Waals surface area contributed by atoms with Gasteiger partial charge in [-0.05, 0) is 49.8 Å². The molecule has 0 heterocycles. The van der Waals surface area contributed by atoms with Crippen LogP contribution in [0, 0.1) is 5.41 Å². The summed E-state index contributed by atoms with van der Waals surface area (Å²) >= 11 is 0. The molecule has 1 rings (SSSR count). The van der Waals surface area contributed by atoms with Crippen LogP contribution in [0.15, 0.2) is 23.1 Å². The Labute approximate surface area is 129 Å². The summed E-state index contributed by atoms with van der Waals surface area (Å²) in [4.78, 5) is 0.221. The van der Waals surface area contributed by atoms with E-state index in [1.165, 1.54) is 6.07 Å². The molecule has 0 fully saturated rings. The third kappa shape index (κ3) is 5.32. The molecule has 0 radical (unpaired) electrons. The molecule has 120 valence electrons. The second-order valence-corrected chi connectivity index (χ2v) is 9.12. The van der Waals surface area contributed by atoms with E-state index in [0.29, 0.717) is 5.69 Å². The minimum Gasteiger partial charge on any atom is -0.398 e. The van der Waals surface area contributed by atoms with Crippen LogP contribution in [0.1, 0.15) is 53.5 Å². The molecule has 0 unspecified atom stereocenters. The maximum absolute atomic E-state index is 12.5. The smallest absolute Gasteiger partial charge is 0.241 e. The third-order valence-electron chi connectivity index (χ3n) is 3.19. The molecule has 0 saturated heterocycles. The molecular formula is C16H28N2O2S. The summed E-state index contributed by atoms with van der Waals surface area (Å²) in [6, 6.07) is 4.93. The minimum absolute atomic E-state index is 0.0388. The first-order valence-corrected chi connectivity index (χ1v) is 8.77. The maximum atomic E-state index is 12.5. The topological polar surface area (TPSA) is 72.2 Å². The summed E-state index contributed by atoms with van der Waals surface area (Å²) in [5, 5.41) is 0. The Kier molecular flexibility index (Phi) is 5.11. The quantitative estimate of drug-likeness (QED) is 0.819. The zero-order chi connectivity index (χ0) is 16.5. The Morgan fingerprint density at radius 2 is 1.71 bits per heavy atom. The van der Waals surface area contributed by atoms with Crippen LogP contribution < -0.4 is 10.5 Å². The van der Waals surface area contributed by atoms with Gasteiger partial charge in [0.25, 0.3) is 0 Å². The lowest BCUT2D eigenvalue weighted by molar-refractivity contribution is 0.269. The van der Waals surface area contributed by atoms with Crippen molar-refractivity contribution >= 4 is 15.7 Å². The Bertz CT molecular complexity index is 599. The van der Waals surface area contributed by atoms with Crippen molar-refractivity contribution in [1.29, 1.82) is 0 Å². The molecule has 0 aliphatic carbocycles. The van der Waals surface area contributed by atoms with Gasteiger partial charge >= 0.3 is 0 Å². The van der Waals surface area contributed by atoms with Gasteiger partial charge in [0.05, 0.1) is 4.90 Å². The average molecular weight is 312 g/mol. The maximum Gasteiger partial charge on any atom is 0.241 e. The van der Waals surface area contributed by atoms with Crippen LogP contribution in [0.2, 0.25) is 0 Å². The summed E-state index contributed by atoms with van der Waals surface area (Å²) < 4.78 is 27.8. The summed E-state index contributed by atoms with van der Waals surface area (Å²) in [5.74, 6) is 0. The molecule has 0 atom stereocenters. The first-order chi connectivity index (χ1) is 9.36. The lowest BCUT2D eigenvalue weighted by atomic mass is 9.82. The largest absolute Gasteiger partial charge is 0.398 e. The van der Waals surface area contributed by atoms with E-state index in [2.05, 4.69) is 25.5 Å². The van der Waals surface area contributed by atoms with E-state index in [4.69, 9.17) is 5.73 Å². The highest BCUT2D eigenvalue weighted by atomic mass is 32.2. The normalized spacial score (nSPS) is 13.4. The van der Waals surface area contributed by atoms with Crippen molar-refractivity contribution in [2.75, 3.05) is 5.73 Å². The number of aryl methyl sites for hydroxylation is 1. The predicted molar refractivity (Wildman–Crippen MR) is 88.7 cm³/mol. The van der Waals surface area contributed by atoms with E-state index in [1.807, 2.05) is 20.8 Å². The summed E-state index contributed by atoms with van der Waals surface area (Å²) in [6.45, 7) is 12.1. The molecule has 4 nitrogen and oxygen atoms in total. The number of nitrogen functional groups attached to an aromatic ring is 1. The van der Waals surface area contributed by atoms with Crippen molar-refractivity contribution in [1.82, 2.24) is 4.72 Å². The third-order valence-corrected chi connectivity index (χ3v) is 4.89. The Hall–Kier alpha value is -1.07. The standard InChI is InChI=1S/C16H28N2O2S/c1-7-12-8-9-13(10-14(12)17)21(19,20)18-16(5,6)11-15(2,3)4/h8-10,18H,7,11,17H2,1-6H3. The lowest BCUT2D eigenvalue weighted by Crippen LogP contribution is -2.45. The van der Waals surface area contributed by atoms with E-state index in [-0.39, 0.29) is 10.3 Å². The van der Waals surface area contributed by atoms with Crippen molar-refractivity contribution in [3.63, 3.8) is 0 Å². The highest BCUT2D eigenvalue weighted by Crippen LogP contribution is 2.28. The van der Waals surface area contributed by atoms with Crippen molar-refractivity contribution in [3.05, 3.63) is 23.8 Å². The summed E-state index contributed by atoms with van der Waals surface area (Å²) in [7, 11) is -3.57. The number of sulfonamides is 1. The zero-order valence-corrected chi connectivity index (χ0v) is 14.8. The van der Waals surface area contributed by atoms with Crippen LogP contribution in [-0.2, 0) is 16.4 Å². The van der Waals surface area contributed by atoms with Gasteiger partial charge < -0.3 is 5.73 Å². The van der Waals surface area contributed by atoms with Crippen LogP contribution in [-0.4, -0.2) is 14.0 Å². The second-order valence-electron chi connectivity index (χ2n) is 7.44. The van der Waals surface area contributed by atoms with Gasteiger partial charge in [-0.2, -0.15) is 0 Å². The fourth-order valence-corrected chi connectivity index (χ4v) is 4.29. The monoisotopic (exact) mass is 312 g/mol. The summed E-state index contributed by atoms with van der Waals surface area (Å²) in [6.07, 6.45) is 1.52. The molecule has 0 saturated carbocycles. The van der Waals surface area contributed by atoms with Gasteiger partial charge in [-0.15, -0.1) is 0 Å². The van der Waals surface area contributed by atoms with Gasteiger partial charge in [0.15, 0.2) is 0 Å². The number of hydrogen-bond acceptors (Lipinski definition) is 3. The molecule has 3 N–H and O–H groups in total. The highest BCUT2D eigenvalue weighted by molar-refractivity contribution is 7.89. The van der Waals surface area contributed by atoms with Crippen molar-refractivity contribution in [2.45, 2.75) is 64.8 Å². The molecule has 1 aromatic rings. The number of hydrogen-bond donors (Lipinski definition) is 2. The molecule has 1 aromatic carbocycles. The fraction of sp³-hybridized carbons (Fsp3) is 0.625. The van der Waals surface area contributed by atoms with Crippen LogP contribution in [0.3, 0.4) is 0 Å². The first-order valence-electron chi connectivity index (χ1n) is 7.29. The first kappa shape index (κ1) is 18.0. The number of rotatable bonds is 5. The Morgan fingerprint density at radius 1 is 1.14 bits per heavy atom. The van der Waals surface area contributed by atoms with Crippen molar-refractivity contribution in [2.24, 2.45) is 5.41 Å². The van der Waals surface area contributed by atoms with Gasteiger partial charge in [0.2, 0.25) is 10.0 Å². The number of nitrogens with one attached hydrogen (secondary N) is 1. The van der Waals surface area contributed by atoms with E-state index < -0.39 is 15.6 Å². The van der Waals surface area contributed by atoms with Crippen LogP contribution in [0.5, 0.6) is 0 Å². The van der Waals surface area contributed by atoms with Gasteiger partial charge in [-0.1, -0.05) is 33.8 Å². The molecule has 0 aliphatic rings. The van der Waals surface area contributed by atoms with Crippen LogP contribution in [0.25, 0.3) is 0 Å². The Morgan fingerprint density at radius 3 is 2.14 bits per heavy atom. The fourth-order valence-electron chi connectivity index (χ4n) is 2.85. The summed E-state index contributed by atoms with van der Waals surface area (Å²) in [5.41, 5.74) is 6.91. The highest BCUT2D eigenvalue weighted by Gasteiger charge is 2.30. The van der Waals surface area contributed by atoms with Crippen LogP contribution in [0.4, 0.5) is 5.69 Å². The van der Waals surface area contributed by atoms with Crippen molar-refractivity contribution < 1.29 is 8.42 Å². The van der Waals surface area contributed by atoms with E-state index in [0.717, 1.165) is 18.4 Å². The molecule has 0 bridgehead atoms. The molecule has 21 heavy (non-hydrogen) atoms.